The summed E-state index contributed by atoms with van der Waals surface area (Å²) < 4.78 is 0. The van der Waals surface area contributed by atoms with Crippen molar-refractivity contribution in [2.24, 2.45) is 0 Å². The Morgan fingerprint density at radius 1 is 1.10 bits per heavy atom. The number of hydrogen-bond acceptors (Lipinski definition) is 5. The van der Waals surface area contributed by atoms with Crippen LogP contribution in [0.4, 0.5) is 4.79 Å². The molecule has 0 bridgehead atoms. The molecule has 0 aliphatic carbocycles. The molecule has 2 aliphatic rings. The number of nitrogens with zero attached hydrogens (tertiary/aromatic N) is 3. The molecule has 1 atom stereocenters. The highest BCUT2D eigenvalue weighted by molar-refractivity contribution is 5.97. The van der Waals surface area contributed by atoms with Gasteiger partial charge in [0, 0.05) is 25.8 Å². The van der Waals surface area contributed by atoms with Crippen LogP contribution >= 0.6 is 0 Å². The predicted octanol–water partition coefficient (Wildman–Crippen LogP) is 2.09. The van der Waals surface area contributed by atoms with E-state index in [1.54, 1.807) is 18.3 Å². The molecule has 162 valence electrons. The summed E-state index contributed by atoms with van der Waals surface area (Å²) in [5.41, 5.74) is 2.24. The van der Waals surface area contributed by atoms with Crippen molar-refractivity contribution in [3.8, 4) is 0 Å². The van der Waals surface area contributed by atoms with E-state index >= 15 is 0 Å². The summed E-state index contributed by atoms with van der Waals surface area (Å²) in [4.78, 5) is 45.4. The highest BCUT2D eigenvalue weighted by Gasteiger charge is 2.33. The zero-order valence-electron chi connectivity index (χ0n) is 17.4. The summed E-state index contributed by atoms with van der Waals surface area (Å²) in [5, 5.41) is 5.64. The predicted molar refractivity (Wildman–Crippen MR) is 115 cm³/mol. The van der Waals surface area contributed by atoms with Gasteiger partial charge < -0.3 is 10.6 Å². The number of likely N-dealkylation sites (tertiary alicyclic amines) is 1. The number of rotatable bonds is 6. The van der Waals surface area contributed by atoms with Gasteiger partial charge in [0.05, 0.1) is 23.8 Å². The van der Waals surface area contributed by atoms with Crippen molar-refractivity contribution in [2.75, 3.05) is 26.2 Å². The summed E-state index contributed by atoms with van der Waals surface area (Å²) in [6.07, 6.45) is 4.47. The first-order valence-electron chi connectivity index (χ1n) is 10.7. The van der Waals surface area contributed by atoms with Gasteiger partial charge in [0.25, 0.3) is 5.91 Å². The molecule has 2 saturated heterocycles. The Balaban J connectivity index is 1.49. The van der Waals surface area contributed by atoms with Crippen molar-refractivity contribution >= 4 is 17.8 Å². The van der Waals surface area contributed by atoms with E-state index in [0.717, 1.165) is 31.4 Å². The van der Waals surface area contributed by atoms with Crippen LogP contribution in [0.15, 0.2) is 48.7 Å². The number of nitrogens with one attached hydrogen (secondary N) is 2. The van der Waals surface area contributed by atoms with E-state index in [1.165, 1.54) is 4.90 Å². The fourth-order valence-corrected chi connectivity index (χ4v) is 4.21. The van der Waals surface area contributed by atoms with Crippen LogP contribution in [0, 0.1) is 0 Å². The zero-order chi connectivity index (χ0) is 21.6. The van der Waals surface area contributed by atoms with E-state index in [1.807, 2.05) is 35.2 Å². The monoisotopic (exact) mass is 421 g/mol. The van der Waals surface area contributed by atoms with Crippen molar-refractivity contribution in [3.63, 3.8) is 0 Å². The van der Waals surface area contributed by atoms with Crippen LogP contribution in [-0.2, 0) is 11.3 Å². The van der Waals surface area contributed by atoms with Gasteiger partial charge in [-0.3, -0.25) is 24.4 Å². The molecule has 2 aromatic rings. The Labute approximate surface area is 181 Å². The van der Waals surface area contributed by atoms with Crippen molar-refractivity contribution in [1.29, 1.82) is 0 Å². The molecule has 2 N–H and O–H groups in total. The number of imide groups is 1. The number of pyridine rings is 1. The van der Waals surface area contributed by atoms with Crippen LogP contribution in [0.1, 0.15) is 46.9 Å². The number of piperidine rings is 1. The standard InChI is InChI=1S/C23H27N5O3/c29-20(28-14-12-25-23(28)31)16-27-13-5-4-10-19(27)21-18(9-6-11-24-21)22(30)26-15-17-7-2-1-3-8-17/h1-3,6-9,11,19H,4-5,10,12-16H2,(H,25,31)(H,26,30)/t19-/m0/s1. The van der Waals surface area contributed by atoms with E-state index in [4.69, 9.17) is 0 Å². The Kier molecular flexibility index (Phi) is 6.57. The maximum absolute atomic E-state index is 13.0. The molecule has 1 aromatic carbocycles. The van der Waals surface area contributed by atoms with E-state index in [2.05, 4.69) is 15.6 Å². The van der Waals surface area contributed by atoms with Crippen LogP contribution in [0.5, 0.6) is 0 Å². The third-order valence-corrected chi connectivity index (χ3v) is 5.80. The molecule has 0 saturated carbocycles. The van der Waals surface area contributed by atoms with Crippen LogP contribution in [0.25, 0.3) is 0 Å². The van der Waals surface area contributed by atoms with E-state index in [-0.39, 0.29) is 30.4 Å². The molecule has 8 nitrogen and oxygen atoms in total. The lowest BCUT2D eigenvalue weighted by atomic mass is 9.95. The lowest BCUT2D eigenvalue weighted by Crippen LogP contribution is -2.45. The summed E-state index contributed by atoms with van der Waals surface area (Å²) in [6.45, 7) is 2.19. The summed E-state index contributed by atoms with van der Waals surface area (Å²) in [5.74, 6) is -0.393. The van der Waals surface area contributed by atoms with Crippen LogP contribution in [-0.4, -0.2) is 58.8 Å². The molecule has 4 rings (SSSR count). The van der Waals surface area contributed by atoms with Crippen LogP contribution in [0.2, 0.25) is 0 Å². The van der Waals surface area contributed by atoms with Crippen LogP contribution in [0.3, 0.4) is 0 Å². The molecular weight excluding hydrogens is 394 g/mol. The normalized spacial score (nSPS) is 19.2. The van der Waals surface area contributed by atoms with E-state index in [9.17, 15) is 14.4 Å². The lowest BCUT2D eigenvalue weighted by molar-refractivity contribution is -0.129. The molecule has 31 heavy (non-hydrogen) atoms. The Morgan fingerprint density at radius 3 is 2.71 bits per heavy atom. The average Bonchev–Trinajstić information content (AvgIpc) is 3.24. The second-order valence-corrected chi connectivity index (χ2v) is 7.86. The summed E-state index contributed by atoms with van der Waals surface area (Å²) in [7, 11) is 0. The summed E-state index contributed by atoms with van der Waals surface area (Å²) >= 11 is 0. The smallest absolute Gasteiger partial charge is 0.324 e. The fraction of sp³-hybridized carbons (Fsp3) is 0.391. The SMILES string of the molecule is O=C(NCc1ccccc1)c1cccnc1[C@@H]1CCCCN1CC(=O)N1CCNC1=O. The van der Waals surface area contributed by atoms with Gasteiger partial charge in [-0.15, -0.1) is 0 Å². The number of aromatic nitrogens is 1. The van der Waals surface area contributed by atoms with Gasteiger partial charge in [-0.25, -0.2) is 4.79 Å². The first-order valence-corrected chi connectivity index (χ1v) is 10.7. The molecule has 0 unspecified atom stereocenters. The molecule has 2 aliphatic heterocycles. The Morgan fingerprint density at radius 2 is 1.94 bits per heavy atom. The van der Waals surface area contributed by atoms with Gasteiger partial charge in [0.15, 0.2) is 0 Å². The first kappa shape index (κ1) is 21.0. The van der Waals surface area contributed by atoms with Gasteiger partial charge in [-0.1, -0.05) is 36.8 Å². The molecule has 8 heteroatoms. The van der Waals surface area contributed by atoms with Crippen molar-refractivity contribution < 1.29 is 14.4 Å². The van der Waals surface area contributed by atoms with Gasteiger partial charge >= 0.3 is 6.03 Å². The first-order chi connectivity index (χ1) is 15.1. The minimum atomic E-state index is -0.336. The van der Waals surface area contributed by atoms with Gasteiger partial charge in [0.1, 0.15) is 0 Å². The van der Waals surface area contributed by atoms with E-state index in [0.29, 0.717) is 30.9 Å². The van der Waals surface area contributed by atoms with Gasteiger partial charge in [-0.2, -0.15) is 0 Å². The number of benzene rings is 1. The minimum absolute atomic E-state index is 0.137. The third-order valence-electron chi connectivity index (χ3n) is 5.80. The van der Waals surface area contributed by atoms with Crippen molar-refractivity contribution in [2.45, 2.75) is 31.8 Å². The number of urea groups is 1. The fourth-order valence-electron chi connectivity index (χ4n) is 4.21. The number of hydrogen-bond donors (Lipinski definition) is 2. The van der Waals surface area contributed by atoms with Crippen molar-refractivity contribution in [1.82, 2.24) is 25.4 Å². The zero-order valence-corrected chi connectivity index (χ0v) is 17.4. The number of carbonyl (C=O) groups is 3. The lowest BCUT2D eigenvalue weighted by Gasteiger charge is -2.36. The number of amides is 4. The Hall–Kier alpha value is -3.26. The molecule has 0 spiro atoms. The maximum Gasteiger partial charge on any atom is 0.324 e. The summed E-state index contributed by atoms with van der Waals surface area (Å²) in [6, 6.07) is 12.8. The third kappa shape index (κ3) is 4.91. The maximum atomic E-state index is 13.0. The molecule has 4 amide bonds. The van der Waals surface area contributed by atoms with E-state index < -0.39 is 0 Å². The quantitative estimate of drug-likeness (QED) is 0.745. The topological polar surface area (TPSA) is 94.6 Å². The van der Waals surface area contributed by atoms with Gasteiger partial charge in [-0.05, 0) is 37.1 Å². The molecule has 2 fully saturated rings. The molecular formula is C23H27N5O3. The second kappa shape index (κ2) is 9.70. The molecule has 1 aromatic heterocycles. The van der Waals surface area contributed by atoms with Gasteiger partial charge in [0.2, 0.25) is 5.91 Å². The average molecular weight is 422 g/mol. The largest absolute Gasteiger partial charge is 0.348 e. The van der Waals surface area contributed by atoms with Crippen LogP contribution < -0.4 is 10.6 Å². The van der Waals surface area contributed by atoms with Crippen molar-refractivity contribution in [3.05, 3.63) is 65.5 Å². The minimum Gasteiger partial charge on any atom is -0.348 e. The Bertz CT molecular complexity index is 949. The number of carbonyl (C=O) groups excluding carboxylic acids is 3. The second-order valence-electron chi connectivity index (χ2n) is 7.86. The highest BCUT2D eigenvalue weighted by Crippen LogP contribution is 2.31. The highest BCUT2D eigenvalue weighted by atomic mass is 16.2. The molecule has 3 heterocycles. The molecule has 0 radical (unpaired) electrons.